The van der Waals surface area contributed by atoms with Crippen LogP contribution in [0.5, 0.6) is 0 Å². The predicted octanol–water partition coefficient (Wildman–Crippen LogP) is 2.50. The first-order valence-electron chi connectivity index (χ1n) is 8.71. The molecule has 1 aromatic carbocycles. The van der Waals surface area contributed by atoms with Gasteiger partial charge in [0.15, 0.2) is 5.82 Å². The summed E-state index contributed by atoms with van der Waals surface area (Å²) in [6, 6.07) is 7.82. The van der Waals surface area contributed by atoms with E-state index in [0.29, 0.717) is 41.1 Å². The zero-order valence-electron chi connectivity index (χ0n) is 15.5. The van der Waals surface area contributed by atoms with Crippen LogP contribution in [0.15, 0.2) is 41.3 Å². The Kier molecular flexibility index (Phi) is 5.79. The van der Waals surface area contributed by atoms with E-state index < -0.39 is 5.91 Å². The second-order valence-electron chi connectivity index (χ2n) is 6.55. The minimum absolute atomic E-state index is 0.0560. The highest BCUT2D eigenvalue weighted by Gasteiger charge is 2.14. The van der Waals surface area contributed by atoms with E-state index in [4.69, 9.17) is 11.6 Å². The van der Waals surface area contributed by atoms with Gasteiger partial charge in [-0.05, 0) is 24.6 Å². The first-order chi connectivity index (χ1) is 13.3. The third kappa shape index (κ3) is 4.58. The third-order valence-electron chi connectivity index (χ3n) is 4.21. The molecule has 146 valence electrons. The van der Waals surface area contributed by atoms with Crippen molar-refractivity contribution < 1.29 is 9.59 Å². The Labute approximate surface area is 166 Å². The van der Waals surface area contributed by atoms with Crippen LogP contribution in [0.3, 0.4) is 0 Å². The number of fused-ring (bicyclic) bond motifs is 1. The van der Waals surface area contributed by atoms with E-state index in [1.54, 1.807) is 54.1 Å². The van der Waals surface area contributed by atoms with Crippen LogP contribution >= 0.6 is 11.6 Å². The van der Waals surface area contributed by atoms with Crippen LogP contribution in [0.2, 0.25) is 5.02 Å². The largest absolute Gasteiger partial charge is 0.349 e. The Morgan fingerprint density at radius 3 is 2.79 bits per heavy atom. The number of hydrogen-bond donors (Lipinski definition) is 2. The fourth-order valence-electron chi connectivity index (χ4n) is 2.77. The van der Waals surface area contributed by atoms with Crippen molar-refractivity contribution in [2.24, 2.45) is 0 Å². The first-order valence-corrected chi connectivity index (χ1v) is 9.09. The molecule has 0 unspecified atom stereocenters. The van der Waals surface area contributed by atoms with Gasteiger partial charge in [0.1, 0.15) is 0 Å². The van der Waals surface area contributed by atoms with E-state index in [1.807, 2.05) is 0 Å². The van der Waals surface area contributed by atoms with Gasteiger partial charge < -0.3 is 15.2 Å². The molecule has 28 heavy (non-hydrogen) atoms. The molecule has 0 atom stereocenters. The number of rotatable bonds is 6. The summed E-state index contributed by atoms with van der Waals surface area (Å²) < 4.78 is 1.66. The number of hydrogen-bond acceptors (Lipinski definition) is 4. The van der Waals surface area contributed by atoms with Crippen LogP contribution in [-0.2, 0) is 11.3 Å². The lowest BCUT2D eigenvalue weighted by Crippen LogP contribution is -2.21. The lowest BCUT2D eigenvalue weighted by Gasteiger charge is -2.09. The summed E-state index contributed by atoms with van der Waals surface area (Å²) >= 11 is 6.02. The standard InChI is InChI=1S/C19H20ClN5O3/c1-24(2)18(27)4-3-8-25-9-7-16(23-25)22-19(28)14-11-17(26)21-15-6-5-12(20)10-13(14)15/h5-7,9-11H,3-4,8H2,1-2H3,(H,21,26)(H,22,23,28). The topological polar surface area (TPSA) is 100 Å². The monoisotopic (exact) mass is 401 g/mol. The van der Waals surface area contributed by atoms with Gasteiger partial charge in [-0.2, -0.15) is 5.10 Å². The SMILES string of the molecule is CN(C)C(=O)CCCn1ccc(NC(=O)c2cc(=O)[nH]c3ccc(Cl)cc23)n1. The maximum Gasteiger partial charge on any atom is 0.257 e. The number of carbonyl (C=O) groups is 2. The number of nitrogens with zero attached hydrogens (tertiary/aromatic N) is 3. The normalized spacial score (nSPS) is 10.8. The molecule has 9 heteroatoms. The van der Waals surface area contributed by atoms with E-state index >= 15 is 0 Å². The Morgan fingerprint density at radius 1 is 1.25 bits per heavy atom. The maximum absolute atomic E-state index is 12.7. The summed E-state index contributed by atoms with van der Waals surface area (Å²) in [6.07, 6.45) is 2.79. The van der Waals surface area contributed by atoms with Gasteiger partial charge in [0.25, 0.3) is 5.91 Å². The number of anilines is 1. The minimum atomic E-state index is -0.452. The molecule has 0 spiro atoms. The smallest absolute Gasteiger partial charge is 0.257 e. The summed E-state index contributed by atoms with van der Waals surface area (Å²) in [5.41, 5.74) is 0.363. The van der Waals surface area contributed by atoms with Crippen LogP contribution in [0.4, 0.5) is 5.82 Å². The summed E-state index contributed by atoms with van der Waals surface area (Å²) in [5.74, 6) is -0.0358. The van der Waals surface area contributed by atoms with Crippen LogP contribution in [0.25, 0.3) is 10.9 Å². The Hall–Kier alpha value is -3.13. The van der Waals surface area contributed by atoms with Crippen LogP contribution < -0.4 is 10.9 Å². The van der Waals surface area contributed by atoms with Crippen molar-refractivity contribution in [2.45, 2.75) is 19.4 Å². The van der Waals surface area contributed by atoms with Gasteiger partial charge in [-0.15, -0.1) is 0 Å². The first kappa shape index (κ1) is 19.6. The second-order valence-corrected chi connectivity index (χ2v) is 6.98. The molecule has 0 aliphatic rings. The molecule has 2 N–H and O–H groups in total. The molecular formula is C19H20ClN5O3. The molecule has 3 aromatic rings. The summed E-state index contributed by atoms with van der Waals surface area (Å²) in [4.78, 5) is 40.3. The number of H-pyrrole nitrogens is 1. The molecule has 0 saturated carbocycles. The van der Waals surface area contributed by atoms with Gasteiger partial charge in [0.05, 0.1) is 5.56 Å². The predicted molar refractivity (Wildman–Crippen MR) is 108 cm³/mol. The Balaban J connectivity index is 1.71. The van der Waals surface area contributed by atoms with E-state index in [2.05, 4.69) is 15.4 Å². The van der Waals surface area contributed by atoms with Gasteiger partial charge in [0.2, 0.25) is 11.5 Å². The molecular weight excluding hydrogens is 382 g/mol. The highest BCUT2D eigenvalue weighted by atomic mass is 35.5. The van der Waals surface area contributed by atoms with Crippen molar-refractivity contribution in [3.63, 3.8) is 0 Å². The van der Waals surface area contributed by atoms with Gasteiger partial charge in [-0.3, -0.25) is 19.1 Å². The van der Waals surface area contributed by atoms with Gasteiger partial charge in [-0.1, -0.05) is 11.6 Å². The summed E-state index contributed by atoms with van der Waals surface area (Å²) in [6.45, 7) is 0.555. The average molecular weight is 402 g/mol. The summed E-state index contributed by atoms with van der Waals surface area (Å²) in [5, 5.41) is 7.99. The van der Waals surface area contributed by atoms with E-state index in [0.717, 1.165) is 0 Å². The number of aromatic amines is 1. The lowest BCUT2D eigenvalue weighted by atomic mass is 10.1. The van der Waals surface area contributed by atoms with Crippen LogP contribution in [0.1, 0.15) is 23.2 Å². The quantitative estimate of drug-likeness (QED) is 0.662. The molecule has 0 saturated heterocycles. The Morgan fingerprint density at radius 2 is 2.04 bits per heavy atom. The molecule has 2 amide bonds. The van der Waals surface area contributed by atoms with Crippen LogP contribution in [0, 0.1) is 0 Å². The second kappa shape index (κ2) is 8.26. The number of carbonyl (C=O) groups excluding carboxylic acids is 2. The minimum Gasteiger partial charge on any atom is -0.349 e. The third-order valence-corrected chi connectivity index (χ3v) is 4.44. The van der Waals surface area contributed by atoms with Crippen molar-refractivity contribution in [1.29, 1.82) is 0 Å². The van der Waals surface area contributed by atoms with Crippen molar-refractivity contribution in [1.82, 2.24) is 19.7 Å². The molecule has 0 fully saturated rings. The average Bonchev–Trinajstić information content (AvgIpc) is 3.08. The lowest BCUT2D eigenvalue weighted by molar-refractivity contribution is -0.128. The molecule has 2 heterocycles. The molecule has 0 aliphatic carbocycles. The van der Waals surface area contributed by atoms with Gasteiger partial charge in [-0.25, -0.2) is 0 Å². The number of aromatic nitrogens is 3. The number of halogens is 1. The number of aryl methyl sites for hydroxylation is 1. The van der Waals surface area contributed by atoms with Crippen molar-refractivity contribution in [3.8, 4) is 0 Å². The van der Waals surface area contributed by atoms with Gasteiger partial charge >= 0.3 is 0 Å². The van der Waals surface area contributed by atoms with Gasteiger partial charge in [0, 0.05) is 61.3 Å². The Bertz CT molecular complexity index is 1090. The number of benzene rings is 1. The molecule has 0 radical (unpaired) electrons. The number of nitrogens with one attached hydrogen (secondary N) is 2. The highest BCUT2D eigenvalue weighted by molar-refractivity contribution is 6.31. The number of amides is 2. The molecule has 0 aliphatic heterocycles. The molecule has 8 nitrogen and oxygen atoms in total. The highest BCUT2D eigenvalue weighted by Crippen LogP contribution is 2.21. The zero-order chi connectivity index (χ0) is 20.3. The molecule has 2 aromatic heterocycles. The summed E-state index contributed by atoms with van der Waals surface area (Å²) in [7, 11) is 3.44. The number of pyridine rings is 1. The van der Waals surface area contributed by atoms with E-state index in [-0.39, 0.29) is 17.0 Å². The fraction of sp³-hybridized carbons (Fsp3) is 0.263. The van der Waals surface area contributed by atoms with Crippen molar-refractivity contribution in [3.05, 3.63) is 57.5 Å². The zero-order valence-corrected chi connectivity index (χ0v) is 16.3. The van der Waals surface area contributed by atoms with E-state index in [1.165, 1.54) is 6.07 Å². The molecule has 0 bridgehead atoms. The maximum atomic E-state index is 12.7. The van der Waals surface area contributed by atoms with Crippen molar-refractivity contribution in [2.75, 3.05) is 19.4 Å². The van der Waals surface area contributed by atoms with Crippen molar-refractivity contribution >= 4 is 40.1 Å². The molecule has 3 rings (SSSR count). The van der Waals surface area contributed by atoms with E-state index in [9.17, 15) is 14.4 Å². The van der Waals surface area contributed by atoms with Crippen LogP contribution in [-0.4, -0.2) is 45.6 Å². The fourth-order valence-corrected chi connectivity index (χ4v) is 2.94.